The molecule has 1 amide bonds. The van der Waals surface area contributed by atoms with Crippen molar-refractivity contribution in [1.82, 2.24) is 5.32 Å². The fraction of sp³-hybridized carbons (Fsp3) is 0.160. The number of hydrogen-bond acceptors (Lipinski definition) is 4. The molecule has 2 aliphatic carbocycles. The Morgan fingerprint density at radius 3 is 2.23 bits per heavy atom. The van der Waals surface area contributed by atoms with E-state index in [2.05, 4.69) is 5.32 Å². The number of nitrogens with one attached hydrogen (secondary N) is 1. The maximum atomic E-state index is 13.9. The third-order valence-electron chi connectivity index (χ3n) is 4.86. The van der Waals surface area contributed by atoms with Gasteiger partial charge in [-0.1, -0.05) is 48.6 Å². The fourth-order valence-corrected chi connectivity index (χ4v) is 4.91. The molecule has 1 unspecified atom stereocenters. The first-order chi connectivity index (χ1) is 15.1. The van der Waals surface area contributed by atoms with Crippen molar-refractivity contribution in [2.75, 3.05) is 0 Å². The molecule has 5 nitrogen and oxygen atoms in total. The van der Waals surface area contributed by atoms with Gasteiger partial charge in [0.1, 0.15) is 11.5 Å². The van der Waals surface area contributed by atoms with Gasteiger partial charge in [0.15, 0.2) is 0 Å². The number of amides is 1. The molecule has 31 heavy (non-hydrogen) atoms. The molecule has 0 fully saturated rings. The van der Waals surface area contributed by atoms with Crippen LogP contribution in [0, 0.1) is 0 Å². The molecule has 1 N–H and O–H groups in total. The lowest BCUT2D eigenvalue weighted by Crippen LogP contribution is -2.23. The highest BCUT2D eigenvalue weighted by molar-refractivity contribution is 7.62. The number of carbonyl (C=O) groups excluding carboxylic acids is 1. The summed E-state index contributed by atoms with van der Waals surface area (Å²) in [5.41, 5.74) is 1.03. The number of rotatable bonds is 7. The minimum absolute atomic E-state index is 0.202. The SMILES string of the molecule is O=C(NC1=CCCC=C1)c1ccccc1OP(=O)(OC1=CCCC=C1)c1ccccc1. The number of benzene rings is 2. The second-order valence-electron chi connectivity index (χ2n) is 7.19. The lowest BCUT2D eigenvalue weighted by Gasteiger charge is -2.22. The molecule has 0 heterocycles. The number of hydrogen-bond donors (Lipinski definition) is 1. The maximum absolute atomic E-state index is 13.9. The van der Waals surface area contributed by atoms with Crippen LogP contribution in [0.2, 0.25) is 0 Å². The Hall–Kier alpha value is -3.30. The van der Waals surface area contributed by atoms with Crippen LogP contribution in [0.1, 0.15) is 36.0 Å². The quantitative estimate of drug-likeness (QED) is 0.561. The average molecular weight is 433 g/mol. The van der Waals surface area contributed by atoms with Gasteiger partial charge in [0, 0.05) is 5.70 Å². The van der Waals surface area contributed by atoms with Crippen molar-refractivity contribution in [1.29, 1.82) is 0 Å². The van der Waals surface area contributed by atoms with Crippen molar-refractivity contribution in [3.63, 3.8) is 0 Å². The molecule has 158 valence electrons. The van der Waals surface area contributed by atoms with Gasteiger partial charge in [-0.15, -0.1) is 0 Å². The molecular weight excluding hydrogens is 409 g/mol. The van der Waals surface area contributed by atoms with Crippen molar-refractivity contribution in [2.24, 2.45) is 0 Å². The van der Waals surface area contributed by atoms with Crippen LogP contribution >= 0.6 is 7.60 Å². The Kier molecular flexibility index (Phi) is 6.54. The molecular formula is C25H24NO4P. The van der Waals surface area contributed by atoms with Crippen molar-refractivity contribution in [3.8, 4) is 5.75 Å². The van der Waals surface area contributed by atoms with E-state index >= 15 is 0 Å². The Morgan fingerprint density at radius 1 is 0.806 bits per heavy atom. The Bertz CT molecular complexity index is 1120. The van der Waals surface area contributed by atoms with Crippen LogP contribution in [0.25, 0.3) is 0 Å². The molecule has 0 aliphatic heterocycles. The molecule has 0 spiro atoms. The summed E-state index contributed by atoms with van der Waals surface area (Å²) in [6.45, 7) is 0. The summed E-state index contributed by atoms with van der Waals surface area (Å²) >= 11 is 0. The zero-order valence-electron chi connectivity index (χ0n) is 17.1. The summed E-state index contributed by atoms with van der Waals surface area (Å²) in [5, 5.41) is 3.30. The normalized spacial score (nSPS) is 17.2. The minimum Gasteiger partial charge on any atom is -0.413 e. The number of para-hydroxylation sites is 1. The van der Waals surface area contributed by atoms with Gasteiger partial charge in [0.25, 0.3) is 5.91 Å². The van der Waals surface area contributed by atoms with Gasteiger partial charge in [0.05, 0.1) is 10.9 Å². The van der Waals surface area contributed by atoms with E-state index in [4.69, 9.17) is 9.05 Å². The highest BCUT2D eigenvalue weighted by Gasteiger charge is 2.33. The van der Waals surface area contributed by atoms with Gasteiger partial charge < -0.3 is 14.4 Å². The van der Waals surface area contributed by atoms with Crippen molar-refractivity contribution in [2.45, 2.75) is 25.7 Å². The molecule has 2 aromatic rings. The lowest BCUT2D eigenvalue weighted by atomic mass is 10.1. The molecule has 0 aromatic heterocycles. The zero-order valence-corrected chi connectivity index (χ0v) is 18.0. The van der Waals surface area contributed by atoms with E-state index in [1.807, 2.05) is 36.4 Å². The zero-order chi connectivity index (χ0) is 21.5. The van der Waals surface area contributed by atoms with Gasteiger partial charge in [-0.25, -0.2) is 4.57 Å². The van der Waals surface area contributed by atoms with E-state index in [-0.39, 0.29) is 17.2 Å². The number of allylic oxidation sites excluding steroid dienone is 6. The predicted molar refractivity (Wildman–Crippen MR) is 122 cm³/mol. The van der Waals surface area contributed by atoms with E-state index in [0.29, 0.717) is 11.1 Å². The van der Waals surface area contributed by atoms with Gasteiger partial charge in [-0.3, -0.25) is 4.79 Å². The van der Waals surface area contributed by atoms with E-state index in [1.54, 1.807) is 54.6 Å². The van der Waals surface area contributed by atoms with Crippen LogP contribution in [0.5, 0.6) is 5.75 Å². The highest BCUT2D eigenvalue weighted by Crippen LogP contribution is 2.50. The molecule has 0 saturated carbocycles. The van der Waals surface area contributed by atoms with Crippen LogP contribution in [0.4, 0.5) is 0 Å². The van der Waals surface area contributed by atoms with Gasteiger partial charge >= 0.3 is 7.60 Å². The third-order valence-corrected chi connectivity index (χ3v) is 6.68. The van der Waals surface area contributed by atoms with Crippen LogP contribution in [-0.2, 0) is 9.09 Å². The summed E-state index contributed by atoms with van der Waals surface area (Å²) in [6.07, 6.45) is 15.1. The fourth-order valence-electron chi connectivity index (χ4n) is 3.30. The van der Waals surface area contributed by atoms with Crippen molar-refractivity contribution in [3.05, 3.63) is 108 Å². The van der Waals surface area contributed by atoms with E-state index in [1.165, 1.54) is 0 Å². The smallest absolute Gasteiger partial charge is 0.413 e. The van der Waals surface area contributed by atoms with Gasteiger partial charge in [-0.05, 0) is 68.2 Å². The summed E-state index contributed by atoms with van der Waals surface area (Å²) in [7, 11) is -3.80. The Morgan fingerprint density at radius 2 is 1.52 bits per heavy atom. The van der Waals surface area contributed by atoms with Gasteiger partial charge in [0.2, 0.25) is 0 Å². The second kappa shape index (κ2) is 9.67. The van der Waals surface area contributed by atoms with Gasteiger partial charge in [-0.2, -0.15) is 0 Å². The monoisotopic (exact) mass is 433 g/mol. The van der Waals surface area contributed by atoms with Crippen molar-refractivity contribution < 1.29 is 18.4 Å². The van der Waals surface area contributed by atoms with Crippen LogP contribution in [0.3, 0.4) is 0 Å². The predicted octanol–water partition coefficient (Wildman–Crippen LogP) is 5.80. The Labute approximate surface area is 182 Å². The minimum atomic E-state index is -3.80. The highest BCUT2D eigenvalue weighted by atomic mass is 31.2. The maximum Gasteiger partial charge on any atom is 0.462 e. The molecule has 2 aromatic carbocycles. The third kappa shape index (κ3) is 5.25. The molecule has 2 aliphatic rings. The molecule has 0 bridgehead atoms. The molecule has 6 heteroatoms. The lowest BCUT2D eigenvalue weighted by molar-refractivity contribution is 0.0965. The molecule has 4 rings (SSSR count). The van der Waals surface area contributed by atoms with Crippen molar-refractivity contribution >= 4 is 18.8 Å². The largest absolute Gasteiger partial charge is 0.462 e. The Balaban J connectivity index is 1.64. The van der Waals surface area contributed by atoms with E-state index in [0.717, 1.165) is 31.4 Å². The summed E-state index contributed by atoms with van der Waals surface area (Å²) < 4.78 is 25.8. The van der Waals surface area contributed by atoms with Crippen LogP contribution < -0.4 is 15.1 Å². The van der Waals surface area contributed by atoms with E-state index in [9.17, 15) is 9.36 Å². The first kappa shape index (κ1) is 21.0. The summed E-state index contributed by atoms with van der Waals surface area (Å²) in [5.74, 6) is 0.371. The first-order valence-electron chi connectivity index (χ1n) is 10.3. The van der Waals surface area contributed by atoms with Crippen LogP contribution in [-0.4, -0.2) is 5.91 Å². The molecule has 0 radical (unpaired) electrons. The van der Waals surface area contributed by atoms with Crippen LogP contribution in [0.15, 0.2) is 103 Å². The summed E-state index contributed by atoms with van der Waals surface area (Å²) in [4.78, 5) is 12.9. The second-order valence-corrected chi connectivity index (χ2v) is 9.07. The van der Waals surface area contributed by atoms with E-state index < -0.39 is 7.60 Å². The average Bonchev–Trinajstić information content (AvgIpc) is 2.81. The number of carbonyl (C=O) groups is 1. The summed E-state index contributed by atoms with van der Waals surface area (Å²) in [6, 6.07) is 15.6. The molecule has 1 atom stereocenters. The first-order valence-corrected chi connectivity index (χ1v) is 11.9. The standard InChI is InChI=1S/C25H24NO4P/c27-25(26-20-12-4-1-5-13-20)23-18-10-11-19-24(23)30-31(28,22-16-8-3-9-17-22)29-21-14-6-2-7-15-21/h3-4,6,8-19H,1-2,5,7H2,(H,26,27). The topological polar surface area (TPSA) is 64.6 Å². The molecule has 0 saturated heterocycles.